The Morgan fingerprint density at radius 2 is 2.22 bits per heavy atom. The first kappa shape index (κ1) is 11.2. The van der Waals surface area contributed by atoms with Crippen LogP contribution in [0.15, 0.2) is 18.5 Å². The van der Waals surface area contributed by atoms with Crippen LogP contribution in [-0.4, -0.2) is 26.3 Å². The number of aromatic nitrogens is 4. The van der Waals surface area contributed by atoms with Gasteiger partial charge < -0.3 is 15.2 Å². The molecule has 0 aromatic carbocycles. The van der Waals surface area contributed by atoms with Crippen molar-refractivity contribution in [2.45, 2.75) is 26.6 Å². The maximum atomic E-state index is 5.65. The van der Waals surface area contributed by atoms with E-state index in [1.54, 1.807) is 6.33 Å². The first-order valence-electron chi connectivity index (χ1n) is 6.06. The number of rotatable bonds is 2. The summed E-state index contributed by atoms with van der Waals surface area (Å²) in [5, 5.41) is 8.04. The van der Waals surface area contributed by atoms with Crippen molar-refractivity contribution in [3.05, 3.63) is 35.5 Å². The quantitative estimate of drug-likeness (QED) is 0.831. The second-order valence-corrected chi connectivity index (χ2v) is 4.48. The average molecular weight is 244 g/mol. The van der Waals surface area contributed by atoms with Crippen molar-refractivity contribution in [2.75, 3.05) is 11.4 Å². The van der Waals surface area contributed by atoms with Crippen LogP contribution in [0.2, 0.25) is 0 Å². The van der Waals surface area contributed by atoms with Crippen molar-refractivity contribution in [3.8, 4) is 0 Å². The van der Waals surface area contributed by atoms with Gasteiger partial charge in [0.1, 0.15) is 12.1 Å². The topological polar surface area (TPSA) is 72.9 Å². The van der Waals surface area contributed by atoms with Crippen LogP contribution in [0.3, 0.4) is 0 Å². The summed E-state index contributed by atoms with van der Waals surface area (Å²) in [6, 6.07) is 4.08. The molecule has 0 unspecified atom stereocenters. The summed E-state index contributed by atoms with van der Waals surface area (Å²) < 4.78 is 2.08. The zero-order chi connectivity index (χ0) is 12.5. The minimum atomic E-state index is 0.535. The minimum absolute atomic E-state index is 0.535. The second-order valence-electron chi connectivity index (χ2n) is 4.48. The molecule has 1 aliphatic rings. The van der Waals surface area contributed by atoms with Gasteiger partial charge in [-0.15, -0.1) is 10.2 Å². The fourth-order valence-corrected chi connectivity index (χ4v) is 2.23. The molecule has 2 aromatic rings. The molecule has 0 saturated heterocycles. The summed E-state index contributed by atoms with van der Waals surface area (Å²) >= 11 is 0. The number of anilines is 1. The first-order valence-corrected chi connectivity index (χ1v) is 6.06. The summed E-state index contributed by atoms with van der Waals surface area (Å²) in [6.07, 6.45) is 1.78. The highest BCUT2D eigenvalue weighted by Gasteiger charge is 2.18. The van der Waals surface area contributed by atoms with E-state index in [-0.39, 0.29) is 0 Å². The monoisotopic (exact) mass is 244 g/mol. The highest BCUT2D eigenvalue weighted by atomic mass is 15.3. The maximum Gasteiger partial charge on any atom is 0.152 e. The molecule has 0 atom stereocenters. The van der Waals surface area contributed by atoms with E-state index in [2.05, 4.69) is 30.7 Å². The fraction of sp³-hybridized carbons (Fsp3) is 0.417. The van der Waals surface area contributed by atoms with Crippen molar-refractivity contribution in [1.82, 2.24) is 19.7 Å². The van der Waals surface area contributed by atoms with Gasteiger partial charge in [-0.2, -0.15) is 0 Å². The molecule has 94 valence electrons. The molecular weight excluding hydrogens is 228 g/mol. The molecule has 0 amide bonds. The van der Waals surface area contributed by atoms with Gasteiger partial charge in [-0.25, -0.2) is 4.98 Å². The van der Waals surface area contributed by atoms with E-state index in [0.717, 1.165) is 42.5 Å². The van der Waals surface area contributed by atoms with Crippen molar-refractivity contribution < 1.29 is 0 Å². The van der Waals surface area contributed by atoms with E-state index in [0.29, 0.717) is 6.54 Å². The van der Waals surface area contributed by atoms with Crippen LogP contribution in [0.25, 0.3) is 0 Å². The van der Waals surface area contributed by atoms with Crippen LogP contribution in [0.4, 0.5) is 5.82 Å². The molecule has 6 nitrogen and oxygen atoms in total. The van der Waals surface area contributed by atoms with Gasteiger partial charge in [-0.05, 0) is 18.6 Å². The van der Waals surface area contributed by atoms with Crippen molar-refractivity contribution in [3.63, 3.8) is 0 Å². The van der Waals surface area contributed by atoms with Crippen LogP contribution in [0.5, 0.6) is 0 Å². The smallest absolute Gasteiger partial charge is 0.152 e. The fourth-order valence-electron chi connectivity index (χ4n) is 2.23. The zero-order valence-electron chi connectivity index (χ0n) is 10.4. The SMILES string of the molecule is Cc1nc(N2CCn3cnnc3C2)ccc1CN. The molecule has 3 heterocycles. The van der Waals surface area contributed by atoms with E-state index in [1.807, 2.05) is 13.0 Å². The molecule has 3 rings (SSSR count). The van der Waals surface area contributed by atoms with Gasteiger partial charge in [0, 0.05) is 25.3 Å². The number of nitrogens with zero attached hydrogens (tertiary/aromatic N) is 5. The Balaban J connectivity index is 1.86. The molecule has 0 bridgehead atoms. The maximum absolute atomic E-state index is 5.65. The zero-order valence-corrected chi connectivity index (χ0v) is 10.4. The standard InChI is InChI=1S/C12H16N6/c1-9-10(6-13)2-3-11(15-9)17-4-5-18-8-14-16-12(18)7-17/h2-3,8H,4-7,13H2,1H3. The van der Waals surface area contributed by atoms with Crippen molar-refractivity contribution in [1.29, 1.82) is 0 Å². The lowest BCUT2D eigenvalue weighted by Crippen LogP contribution is -2.34. The molecular formula is C12H16N6. The molecule has 6 heteroatoms. The number of pyridine rings is 1. The van der Waals surface area contributed by atoms with Gasteiger partial charge >= 0.3 is 0 Å². The third-order valence-electron chi connectivity index (χ3n) is 3.36. The summed E-state index contributed by atoms with van der Waals surface area (Å²) in [5.74, 6) is 1.97. The largest absolute Gasteiger partial charge is 0.347 e. The molecule has 1 aliphatic heterocycles. The third-order valence-corrected chi connectivity index (χ3v) is 3.36. The molecule has 2 N–H and O–H groups in total. The van der Waals surface area contributed by atoms with Crippen molar-refractivity contribution >= 4 is 5.82 Å². The lowest BCUT2D eigenvalue weighted by atomic mass is 10.2. The van der Waals surface area contributed by atoms with Crippen molar-refractivity contribution in [2.24, 2.45) is 5.73 Å². The van der Waals surface area contributed by atoms with Crippen LogP contribution >= 0.6 is 0 Å². The highest BCUT2D eigenvalue weighted by molar-refractivity contribution is 5.42. The molecule has 18 heavy (non-hydrogen) atoms. The Kier molecular flexibility index (Phi) is 2.71. The Labute approximate surface area is 105 Å². The van der Waals surface area contributed by atoms with Gasteiger partial charge in [0.2, 0.25) is 0 Å². The van der Waals surface area contributed by atoms with E-state index in [4.69, 9.17) is 5.73 Å². The Bertz CT molecular complexity index is 561. The normalized spacial score (nSPS) is 14.7. The molecule has 0 fully saturated rings. The molecule has 0 radical (unpaired) electrons. The first-order chi connectivity index (χ1) is 8.78. The van der Waals surface area contributed by atoms with E-state index < -0.39 is 0 Å². The predicted octanol–water partition coefficient (Wildman–Crippen LogP) is 0.460. The third kappa shape index (κ3) is 1.84. The minimum Gasteiger partial charge on any atom is -0.347 e. The van der Waals surface area contributed by atoms with Crippen LogP contribution in [0, 0.1) is 6.92 Å². The van der Waals surface area contributed by atoms with E-state index in [9.17, 15) is 0 Å². The molecule has 0 aliphatic carbocycles. The number of aryl methyl sites for hydroxylation is 1. The number of fused-ring (bicyclic) bond motifs is 1. The number of nitrogens with two attached hydrogens (primary N) is 1. The summed E-state index contributed by atoms with van der Waals surface area (Å²) in [7, 11) is 0. The average Bonchev–Trinajstić information content (AvgIpc) is 2.85. The van der Waals surface area contributed by atoms with Gasteiger partial charge in [-0.3, -0.25) is 0 Å². The summed E-state index contributed by atoms with van der Waals surface area (Å²) in [5.41, 5.74) is 7.75. The number of hydrogen-bond donors (Lipinski definition) is 1. The predicted molar refractivity (Wildman–Crippen MR) is 67.9 cm³/mol. The summed E-state index contributed by atoms with van der Waals surface area (Å²) in [4.78, 5) is 6.83. The van der Waals surface area contributed by atoms with Crippen LogP contribution in [-0.2, 0) is 19.6 Å². The lowest BCUT2D eigenvalue weighted by molar-refractivity contribution is 0.555. The van der Waals surface area contributed by atoms with Gasteiger partial charge in [0.15, 0.2) is 5.82 Å². The molecule has 2 aromatic heterocycles. The van der Waals surface area contributed by atoms with E-state index in [1.165, 1.54) is 0 Å². The lowest BCUT2D eigenvalue weighted by Gasteiger charge is -2.28. The number of hydrogen-bond acceptors (Lipinski definition) is 5. The van der Waals surface area contributed by atoms with Gasteiger partial charge in [-0.1, -0.05) is 6.07 Å². The second kappa shape index (κ2) is 4.38. The van der Waals surface area contributed by atoms with Crippen LogP contribution in [0.1, 0.15) is 17.1 Å². The van der Waals surface area contributed by atoms with E-state index >= 15 is 0 Å². The Morgan fingerprint density at radius 3 is 3.00 bits per heavy atom. The highest BCUT2D eigenvalue weighted by Crippen LogP contribution is 2.19. The molecule has 0 spiro atoms. The summed E-state index contributed by atoms with van der Waals surface area (Å²) in [6.45, 7) is 5.13. The van der Waals surface area contributed by atoms with Gasteiger partial charge in [0.25, 0.3) is 0 Å². The van der Waals surface area contributed by atoms with Crippen LogP contribution < -0.4 is 10.6 Å². The van der Waals surface area contributed by atoms with Gasteiger partial charge in [0.05, 0.1) is 6.54 Å². The Hall–Kier alpha value is -1.95. The molecule has 0 saturated carbocycles. The Morgan fingerprint density at radius 1 is 1.33 bits per heavy atom.